The predicted molar refractivity (Wildman–Crippen MR) is 59.7 cm³/mol. The van der Waals surface area contributed by atoms with E-state index in [1.54, 1.807) is 0 Å². The summed E-state index contributed by atoms with van der Waals surface area (Å²) in [4.78, 5) is 0. The van der Waals surface area contributed by atoms with Crippen LogP contribution in [0.3, 0.4) is 0 Å². The molecule has 0 fully saturated rings. The molecule has 3 N–H and O–H groups in total. The fraction of sp³-hybridized carbons (Fsp3) is 0.455. The van der Waals surface area contributed by atoms with Gasteiger partial charge < -0.3 is 10.8 Å². The summed E-state index contributed by atoms with van der Waals surface area (Å²) in [5.74, 6) is 0. The van der Waals surface area contributed by atoms with E-state index >= 15 is 0 Å². The first-order valence-corrected chi connectivity index (χ1v) is 5.47. The van der Waals surface area contributed by atoms with Crippen LogP contribution >= 0.6 is 11.6 Å². The monoisotopic (exact) mass is 267 g/mol. The Balaban J connectivity index is 3.06. The normalized spacial score (nSPS) is 13.8. The first-order chi connectivity index (χ1) is 7.86. The number of nitrogens with two attached hydrogens (primary N) is 1. The summed E-state index contributed by atoms with van der Waals surface area (Å²) in [6, 6.07) is 2.78. The Morgan fingerprint density at radius 2 is 2.00 bits per heavy atom. The second kappa shape index (κ2) is 5.71. The summed E-state index contributed by atoms with van der Waals surface area (Å²) in [7, 11) is 0. The molecule has 96 valence electrons. The van der Waals surface area contributed by atoms with Crippen molar-refractivity contribution in [3.05, 3.63) is 34.3 Å². The third-order valence-corrected chi connectivity index (χ3v) is 2.63. The van der Waals surface area contributed by atoms with Crippen LogP contribution in [-0.4, -0.2) is 11.7 Å². The van der Waals surface area contributed by atoms with Crippen LogP contribution in [0.4, 0.5) is 13.2 Å². The van der Waals surface area contributed by atoms with Gasteiger partial charge in [-0.3, -0.25) is 0 Å². The van der Waals surface area contributed by atoms with Gasteiger partial charge in [-0.25, -0.2) is 0 Å². The van der Waals surface area contributed by atoms with Crippen LogP contribution in [0.5, 0.6) is 0 Å². The molecule has 1 aromatic rings. The van der Waals surface area contributed by atoms with E-state index in [2.05, 4.69) is 0 Å². The molecule has 0 saturated carbocycles. The summed E-state index contributed by atoms with van der Waals surface area (Å²) in [6.45, 7) is -0.0946. The van der Waals surface area contributed by atoms with Gasteiger partial charge in [-0.05, 0) is 30.5 Å². The third kappa shape index (κ3) is 3.87. The second-order valence-corrected chi connectivity index (χ2v) is 4.14. The Bertz CT molecular complexity index is 381. The van der Waals surface area contributed by atoms with Gasteiger partial charge in [0.15, 0.2) is 0 Å². The van der Waals surface area contributed by atoms with Gasteiger partial charge in [0.25, 0.3) is 0 Å². The lowest BCUT2D eigenvalue weighted by Crippen LogP contribution is -2.17. The minimum Gasteiger partial charge on any atom is -0.396 e. The SMILES string of the molecule is N[C@@H](CCCO)c1ccc(Cl)cc1C(F)(F)F. The summed E-state index contributed by atoms with van der Waals surface area (Å²) >= 11 is 5.55. The number of aliphatic hydroxyl groups excluding tert-OH is 1. The number of hydrogen-bond donors (Lipinski definition) is 2. The highest BCUT2D eigenvalue weighted by Gasteiger charge is 2.34. The molecule has 1 aromatic carbocycles. The molecule has 0 saturated heterocycles. The van der Waals surface area contributed by atoms with Crippen molar-refractivity contribution < 1.29 is 18.3 Å². The Morgan fingerprint density at radius 1 is 1.35 bits per heavy atom. The van der Waals surface area contributed by atoms with Crippen molar-refractivity contribution in [3.8, 4) is 0 Å². The van der Waals surface area contributed by atoms with E-state index in [0.717, 1.165) is 6.07 Å². The zero-order valence-electron chi connectivity index (χ0n) is 8.97. The molecular formula is C11H13ClF3NO. The van der Waals surface area contributed by atoms with E-state index in [0.29, 0.717) is 12.8 Å². The average molecular weight is 268 g/mol. The predicted octanol–water partition coefficient (Wildman–Crippen LogP) is 3.13. The van der Waals surface area contributed by atoms with Crippen LogP contribution in [0.25, 0.3) is 0 Å². The lowest BCUT2D eigenvalue weighted by atomic mass is 9.97. The van der Waals surface area contributed by atoms with Gasteiger partial charge in [0.2, 0.25) is 0 Å². The maximum Gasteiger partial charge on any atom is 0.416 e. The fourth-order valence-electron chi connectivity index (χ4n) is 1.56. The Kier molecular flexibility index (Phi) is 4.80. The summed E-state index contributed by atoms with van der Waals surface area (Å²) < 4.78 is 38.2. The van der Waals surface area contributed by atoms with Crippen molar-refractivity contribution in [2.75, 3.05) is 6.61 Å². The van der Waals surface area contributed by atoms with Gasteiger partial charge in [-0.15, -0.1) is 0 Å². The van der Waals surface area contributed by atoms with Crippen LogP contribution in [0.2, 0.25) is 5.02 Å². The lowest BCUT2D eigenvalue weighted by Gasteiger charge is -2.18. The number of alkyl halides is 3. The number of halogens is 4. The summed E-state index contributed by atoms with van der Waals surface area (Å²) in [6.07, 6.45) is -3.82. The van der Waals surface area contributed by atoms with Gasteiger partial charge in [0.1, 0.15) is 0 Å². The van der Waals surface area contributed by atoms with Gasteiger partial charge in [-0.1, -0.05) is 17.7 Å². The van der Waals surface area contributed by atoms with Gasteiger partial charge in [-0.2, -0.15) is 13.2 Å². The van der Waals surface area contributed by atoms with E-state index in [4.69, 9.17) is 22.4 Å². The minimum absolute atomic E-state index is 0.00958. The highest BCUT2D eigenvalue weighted by atomic mass is 35.5. The van der Waals surface area contributed by atoms with Gasteiger partial charge in [0.05, 0.1) is 5.56 Å². The maximum absolute atomic E-state index is 12.7. The van der Waals surface area contributed by atoms with Crippen LogP contribution in [0, 0.1) is 0 Å². The number of rotatable bonds is 4. The smallest absolute Gasteiger partial charge is 0.396 e. The largest absolute Gasteiger partial charge is 0.416 e. The Labute approximate surface area is 102 Å². The lowest BCUT2D eigenvalue weighted by molar-refractivity contribution is -0.138. The molecule has 0 bridgehead atoms. The molecule has 17 heavy (non-hydrogen) atoms. The second-order valence-electron chi connectivity index (χ2n) is 3.70. The van der Waals surface area contributed by atoms with Crippen molar-refractivity contribution in [1.29, 1.82) is 0 Å². The van der Waals surface area contributed by atoms with Crippen molar-refractivity contribution in [2.45, 2.75) is 25.1 Å². The molecular weight excluding hydrogens is 255 g/mol. The molecule has 0 radical (unpaired) electrons. The summed E-state index contributed by atoms with van der Waals surface area (Å²) in [5.41, 5.74) is 4.87. The molecule has 1 atom stereocenters. The standard InChI is InChI=1S/C11H13ClF3NO/c12-7-3-4-8(10(16)2-1-5-17)9(6-7)11(13,14)15/h3-4,6,10,17H,1-2,5,16H2/t10-/m0/s1. The zero-order valence-corrected chi connectivity index (χ0v) is 9.72. The van der Waals surface area contributed by atoms with E-state index in [1.165, 1.54) is 12.1 Å². The van der Waals surface area contributed by atoms with Gasteiger partial charge >= 0.3 is 6.18 Å². The first-order valence-electron chi connectivity index (χ1n) is 5.09. The summed E-state index contributed by atoms with van der Waals surface area (Å²) in [5, 5.41) is 8.66. The quantitative estimate of drug-likeness (QED) is 0.880. The topological polar surface area (TPSA) is 46.2 Å². The molecule has 1 rings (SSSR count). The molecule has 0 heterocycles. The van der Waals surface area contributed by atoms with Crippen LogP contribution in [0.1, 0.15) is 30.0 Å². The van der Waals surface area contributed by atoms with Crippen molar-refractivity contribution in [2.24, 2.45) is 5.73 Å². The molecule has 0 spiro atoms. The molecule has 0 unspecified atom stereocenters. The number of hydrogen-bond acceptors (Lipinski definition) is 2. The van der Waals surface area contributed by atoms with Gasteiger partial charge in [0, 0.05) is 17.7 Å². The van der Waals surface area contributed by atoms with E-state index in [-0.39, 0.29) is 17.2 Å². The fourth-order valence-corrected chi connectivity index (χ4v) is 1.74. The van der Waals surface area contributed by atoms with Crippen molar-refractivity contribution in [1.82, 2.24) is 0 Å². The highest BCUT2D eigenvalue weighted by Crippen LogP contribution is 2.36. The first kappa shape index (κ1) is 14.3. The van der Waals surface area contributed by atoms with E-state index < -0.39 is 17.8 Å². The molecule has 0 aliphatic rings. The van der Waals surface area contributed by atoms with Crippen molar-refractivity contribution in [3.63, 3.8) is 0 Å². The minimum atomic E-state index is -4.48. The van der Waals surface area contributed by atoms with Crippen LogP contribution < -0.4 is 5.73 Å². The zero-order chi connectivity index (χ0) is 13.1. The molecule has 6 heteroatoms. The van der Waals surface area contributed by atoms with Crippen molar-refractivity contribution >= 4 is 11.6 Å². The Morgan fingerprint density at radius 3 is 2.53 bits per heavy atom. The molecule has 2 nitrogen and oxygen atoms in total. The third-order valence-electron chi connectivity index (χ3n) is 2.39. The molecule has 0 aromatic heterocycles. The Hall–Kier alpha value is -0.780. The van der Waals surface area contributed by atoms with Crippen LogP contribution in [0.15, 0.2) is 18.2 Å². The maximum atomic E-state index is 12.7. The van der Waals surface area contributed by atoms with E-state index in [9.17, 15) is 13.2 Å². The molecule has 0 aliphatic heterocycles. The average Bonchev–Trinajstić information content (AvgIpc) is 2.24. The van der Waals surface area contributed by atoms with Crippen LogP contribution in [-0.2, 0) is 6.18 Å². The number of benzene rings is 1. The number of aliphatic hydroxyl groups is 1. The highest BCUT2D eigenvalue weighted by molar-refractivity contribution is 6.30. The van der Waals surface area contributed by atoms with E-state index in [1.807, 2.05) is 0 Å². The molecule has 0 aliphatic carbocycles. The molecule has 0 amide bonds.